The van der Waals surface area contributed by atoms with Gasteiger partial charge >= 0.3 is 0 Å². The zero-order chi connectivity index (χ0) is 19.1. The van der Waals surface area contributed by atoms with Crippen LogP contribution in [-0.4, -0.2) is 11.4 Å². The summed E-state index contributed by atoms with van der Waals surface area (Å²) in [6, 6.07) is 20.0. The van der Waals surface area contributed by atoms with E-state index in [4.69, 9.17) is 19.7 Å². The molecule has 0 aliphatic heterocycles. The monoisotopic (exact) mass is 378 g/mol. The van der Waals surface area contributed by atoms with E-state index in [1.807, 2.05) is 60.7 Å². The number of hydrogen-bond acceptors (Lipinski definition) is 4. The summed E-state index contributed by atoms with van der Waals surface area (Å²) in [6.45, 7) is 0. The molecule has 148 valence electrons. The SMILES string of the molecule is c1ccc(OC2(/N=N/C3(Oc4ccccc4)CCCCC3)CCCCC2)cc1. The maximum atomic E-state index is 6.41. The molecule has 28 heavy (non-hydrogen) atoms. The summed E-state index contributed by atoms with van der Waals surface area (Å²) in [6.07, 6.45) is 10.6. The molecule has 0 atom stereocenters. The molecule has 4 nitrogen and oxygen atoms in total. The van der Waals surface area contributed by atoms with Crippen LogP contribution in [0, 0.1) is 0 Å². The lowest BCUT2D eigenvalue weighted by molar-refractivity contribution is -0.00376. The van der Waals surface area contributed by atoms with Crippen LogP contribution in [0.25, 0.3) is 0 Å². The van der Waals surface area contributed by atoms with Crippen LogP contribution in [0.1, 0.15) is 64.2 Å². The van der Waals surface area contributed by atoms with Crippen molar-refractivity contribution in [2.24, 2.45) is 10.2 Å². The van der Waals surface area contributed by atoms with Gasteiger partial charge in [-0.25, -0.2) is 0 Å². The maximum Gasteiger partial charge on any atom is 0.219 e. The van der Waals surface area contributed by atoms with E-state index in [0.29, 0.717) is 0 Å². The van der Waals surface area contributed by atoms with Gasteiger partial charge in [0.05, 0.1) is 0 Å². The molecular formula is C24H30N2O2. The Kier molecular flexibility index (Phi) is 5.94. The minimum atomic E-state index is -0.565. The van der Waals surface area contributed by atoms with Crippen molar-refractivity contribution in [1.29, 1.82) is 0 Å². The highest BCUT2D eigenvalue weighted by atomic mass is 16.5. The first-order valence-corrected chi connectivity index (χ1v) is 10.7. The number of azo groups is 1. The van der Waals surface area contributed by atoms with Crippen molar-refractivity contribution in [3.63, 3.8) is 0 Å². The molecule has 0 unspecified atom stereocenters. The van der Waals surface area contributed by atoms with E-state index in [1.165, 1.54) is 12.8 Å². The predicted octanol–water partition coefficient (Wildman–Crippen LogP) is 6.92. The van der Waals surface area contributed by atoms with Gasteiger partial charge in [-0.2, -0.15) is 0 Å². The number of benzene rings is 2. The van der Waals surface area contributed by atoms with Crippen molar-refractivity contribution in [2.75, 3.05) is 0 Å². The maximum absolute atomic E-state index is 6.41. The Bertz CT molecular complexity index is 683. The number of nitrogens with zero attached hydrogens (tertiary/aromatic N) is 2. The fourth-order valence-electron chi connectivity index (χ4n) is 4.25. The third-order valence-electron chi connectivity index (χ3n) is 5.79. The fraction of sp³-hybridized carbons (Fsp3) is 0.500. The molecule has 0 aromatic heterocycles. The van der Waals surface area contributed by atoms with Gasteiger partial charge in [0.15, 0.2) is 0 Å². The first-order chi connectivity index (χ1) is 13.8. The van der Waals surface area contributed by atoms with Crippen LogP contribution < -0.4 is 9.47 Å². The summed E-state index contributed by atoms with van der Waals surface area (Å²) in [4.78, 5) is 0. The van der Waals surface area contributed by atoms with Crippen molar-refractivity contribution >= 4 is 0 Å². The molecule has 0 N–H and O–H groups in total. The highest BCUT2D eigenvalue weighted by Gasteiger charge is 2.39. The van der Waals surface area contributed by atoms with Gasteiger partial charge in [-0.15, -0.1) is 10.2 Å². The van der Waals surface area contributed by atoms with E-state index < -0.39 is 11.4 Å². The number of hydrogen-bond donors (Lipinski definition) is 0. The van der Waals surface area contributed by atoms with E-state index in [9.17, 15) is 0 Å². The van der Waals surface area contributed by atoms with Gasteiger partial charge in [0.2, 0.25) is 11.4 Å². The fourth-order valence-corrected chi connectivity index (χ4v) is 4.25. The smallest absolute Gasteiger partial charge is 0.219 e. The van der Waals surface area contributed by atoms with Gasteiger partial charge < -0.3 is 9.47 Å². The molecule has 2 aromatic carbocycles. The second-order valence-corrected chi connectivity index (χ2v) is 8.04. The molecular weight excluding hydrogens is 348 g/mol. The molecule has 4 heteroatoms. The van der Waals surface area contributed by atoms with Crippen LogP contribution in [0.15, 0.2) is 70.9 Å². The summed E-state index contributed by atoms with van der Waals surface area (Å²) < 4.78 is 12.8. The summed E-state index contributed by atoms with van der Waals surface area (Å²) in [5, 5.41) is 9.76. The molecule has 2 aliphatic carbocycles. The minimum absolute atomic E-state index is 0.565. The number of ether oxygens (including phenoxy) is 2. The van der Waals surface area contributed by atoms with Crippen LogP contribution >= 0.6 is 0 Å². The lowest BCUT2D eigenvalue weighted by Gasteiger charge is -2.36. The second-order valence-electron chi connectivity index (χ2n) is 8.04. The molecule has 4 rings (SSSR count). The van der Waals surface area contributed by atoms with Crippen LogP contribution in [0.2, 0.25) is 0 Å². The summed E-state index contributed by atoms with van der Waals surface area (Å²) >= 11 is 0. The zero-order valence-corrected chi connectivity index (χ0v) is 16.6. The highest BCUT2D eigenvalue weighted by Crippen LogP contribution is 2.39. The average molecular weight is 379 g/mol. The van der Waals surface area contributed by atoms with Crippen LogP contribution in [0.5, 0.6) is 11.5 Å². The van der Waals surface area contributed by atoms with Crippen LogP contribution in [-0.2, 0) is 0 Å². The Hall–Kier alpha value is -2.36. The largest absolute Gasteiger partial charge is 0.465 e. The van der Waals surface area contributed by atoms with E-state index in [2.05, 4.69) is 0 Å². The minimum Gasteiger partial charge on any atom is -0.465 e. The Morgan fingerprint density at radius 2 is 0.857 bits per heavy atom. The van der Waals surface area contributed by atoms with E-state index in [-0.39, 0.29) is 0 Å². The molecule has 2 saturated carbocycles. The second kappa shape index (κ2) is 8.76. The third kappa shape index (κ3) is 4.73. The molecule has 0 radical (unpaired) electrons. The van der Waals surface area contributed by atoms with Crippen molar-refractivity contribution in [3.05, 3.63) is 60.7 Å². The number of para-hydroxylation sites is 2. The van der Waals surface area contributed by atoms with Gasteiger partial charge in [-0.05, 0) is 49.9 Å². The van der Waals surface area contributed by atoms with E-state index in [0.717, 1.165) is 62.9 Å². The van der Waals surface area contributed by atoms with Gasteiger partial charge in [0.1, 0.15) is 11.5 Å². The molecule has 2 fully saturated rings. The van der Waals surface area contributed by atoms with Gasteiger partial charge in [-0.3, -0.25) is 0 Å². The predicted molar refractivity (Wildman–Crippen MR) is 111 cm³/mol. The summed E-state index contributed by atoms with van der Waals surface area (Å²) in [5.41, 5.74) is -1.13. The third-order valence-corrected chi connectivity index (χ3v) is 5.79. The van der Waals surface area contributed by atoms with Crippen molar-refractivity contribution < 1.29 is 9.47 Å². The first kappa shape index (κ1) is 19.0. The topological polar surface area (TPSA) is 43.2 Å². The van der Waals surface area contributed by atoms with Gasteiger partial charge in [-0.1, -0.05) is 49.2 Å². The Morgan fingerprint density at radius 3 is 1.21 bits per heavy atom. The van der Waals surface area contributed by atoms with Crippen LogP contribution in [0.3, 0.4) is 0 Å². The summed E-state index contributed by atoms with van der Waals surface area (Å²) in [7, 11) is 0. The molecule has 0 amide bonds. The van der Waals surface area contributed by atoms with E-state index in [1.54, 1.807) is 0 Å². The molecule has 0 bridgehead atoms. The van der Waals surface area contributed by atoms with E-state index >= 15 is 0 Å². The molecule has 2 aromatic rings. The van der Waals surface area contributed by atoms with Crippen molar-refractivity contribution in [2.45, 2.75) is 75.7 Å². The zero-order valence-electron chi connectivity index (χ0n) is 16.6. The number of rotatable bonds is 6. The molecule has 0 saturated heterocycles. The first-order valence-electron chi connectivity index (χ1n) is 10.7. The van der Waals surface area contributed by atoms with Gasteiger partial charge in [0.25, 0.3) is 0 Å². The highest BCUT2D eigenvalue weighted by molar-refractivity contribution is 5.23. The molecule has 2 aliphatic rings. The Labute approximate surface area is 168 Å². The van der Waals surface area contributed by atoms with Crippen LogP contribution in [0.4, 0.5) is 0 Å². The lowest BCUT2D eigenvalue weighted by atomic mass is 9.91. The average Bonchev–Trinajstić information content (AvgIpc) is 2.75. The van der Waals surface area contributed by atoms with Gasteiger partial charge in [0, 0.05) is 25.7 Å². The summed E-state index contributed by atoms with van der Waals surface area (Å²) in [5.74, 6) is 1.73. The van der Waals surface area contributed by atoms with Crippen molar-refractivity contribution in [3.8, 4) is 11.5 Å². The lowest BCUT2D eigenvalue weighted by Crippen LogP contribution is -2.40. The quantitative estimate of drug-likeness (QED) is 0.512. The Morgan fingerprint density at radius 1 is 0.500 bits per heavy atom. The standard InChI is InChI=1S/C24H30N2O2/c1-5-13-21(14-6-1)27-23(17-9-3-10-18-23)25-26-24(19-11-4-12-20-24)28-22-15-7-2-8-16-22/h1-2,5-8,13-16H,3-4,9-12,17-20H2/b26-25+. The van der Waals surface area contributed by atoms with Crippen molar-refractivity contribution in [1.82, 2.24) is 0 Å². The molecule has 0 heterocycles. The molecule has 0 spiro atoms. The normalized spacial score (nSPS) is 21.3. The Balaban J connectivity index is 1.58.